The van der Waals surface area contributed by atoms with Crippen molar-refractivity contribution < 1.29 is 9.47 Å². The van der Waals surface area contributed by atoms with Gasteiger partial charge < -0.3 is 20.1 Å². The molecule has 0 saturated carbocycles. The van der Waals surface area contributed by atoms with E-state index < -0.39 is 0 Å². The van der Waals surface area contributed by atoms with Crippen molar-refractivity contribution in [1.82, 2.24) is 20.5 Å². The molecule has 1 saturated heterocycles. The summed E-state index contributed by atoms with van der Waals surface area (Å²) in [5.74, 6) is 1.40. The molecule has 8 heteroatoms. The van der Waals surface area contributed by atoms with Gasteiger partial charge in [-0.25, -0.2) is 4.98 Å². The number of methoxy groups -OCH3 is 1. The monoisotopic (exact) mass is 463 g/mol. The first-order valence-electron chi connectivity index (χ1n) is 8.31. The Balaban J connectivity index is 0.00000312. The molecule has 0 aliphatic carbocycles. The lowest BCUT2D eigenvalue weighted by Gasteiger charge is -2.41. The van der Waals surface area contributed by atoms with Gasteiger partial charge in [0.25, 0.3) is 0 Å². The van der Waals surface area contributed by atoms with Crippen LogP contribution >= 0.6 is 24.0 Å². The van der Waals surface area contributed by atoms with Gasteiger partial charge in [-0.1, -0.05) is 6.07 Å². The van der Waals surface area contributed by atoms with Crippen molar-refractivity contribution in [2.24, 2.45) is 4.99 Å². The molecule has 1 aliphatic heterocycles. The quantitative estimate of drug-likeness (QED) is 0.379. The van der Waals surface area contributed by atoms with Crippen molar-refractivity contribution in [3.63, 3.8) is 0 Å². The molecule has 0 bridgehead atoms. The minimum atomic E-state index is 0. The van der Waals surface area contributed by atoms with Crippen LogP contribution in [0.15, 0.2) is 23.3 Å². The van der Waals surface area contributed by atoms with Gasteiger partial charge in [-0.3, -0.25) is 9.89 Å². The van der Waals surface area contributed by atoms with Crippen LogP contribution in [0.2, 0.25) is 0 Å². The summed E-state index contributed by atoms with van der Waals surface area (Å²) < 4.78 is 10.5. The summed E-state index contributed by atoms with van der Waals surface area (Å²) in [5, 5.41) is 6.72. The number of morpholine rings is 1. The van der Waals surface area contributed by atoms with Gasteiger partial charge in [-0.05, 0) is 19.4 Å². The van der Waals surface area contributed by atoms with Crippen LogP contribution in [0, 0.1) is 0 Å². The number of rotatable bonds is 6. The average molecular weight is 463 g/mol. The number of pyridine rings is 1. The maximum absolute atomic E-state index is 5.43. The largest absolute Gasteiger partial charge is 0.481 e. The molecule has 1 aliphatic rings. The number of halogens is 1. The summed E-state index contributed by atoms with van der Waals surface area (Å²) in [7, 11) is 3.39. The molecule has 0 spiro atoms. The Morgan fingerprint density at radius 3 is 2.60 bits per heavy atom. The Bertz CT molecular complexity index is 530. The highest BCUT2D eigenvalue weighted by Crippen LogP contribution is 2.15. The summed E-state index contributed by atoms with van der Waals surface area (Å²) in [6.07, 6.45) is 1.80. The highest BCUT2D eigenvalue weighted by molar-refractivity contribution is 14.0. The lowest BCUT2D eigenvalue weighted by Crippen LogP contribution is -2.56. The van der Waals surface area contributed by atoms with Crippen molar-refractivity contribution >= 4 is 29.9 Å². The fourth-order valence-electron chi connectivity index (χ4n) is 2.62. The van der Waals surface area contributed by atoms with Crippen LogP contribution in [0.5, 0.6) is 5.88 Å². The number of hydrogen-bond acceptors (Lipinski definition) is 5. The molecule has 0 unspecified atom stereocenters. The number of hydrogen-bond donors (Lipinski definition) is 2. The third-order valence-electron chi connectivity index (χ3n) is 4.25. The lowest BCUT2D eigenvalue weighted by molar-refractivity contribution is -0.00834. The molecule has 1 fully saturated rings. The van der Waals surface area contributed by atoms with E-state index in [9.17, 15) is 0 Å². The van der Waals surface area contributed by atoms with E-state index in [1.54, 1.807) is 20.4 Å². The fraction of sp³-hybridized carbons (Fsp3) is 0.647. The zero-order valence-corrected chi connectivity index (χ0v) is 17.9. The second-order valence-corrected chi connectivity index (χ2v) is 6.40. The molecular formula is C17H30IN5O2. The number of ether oxygens (including phenoxy) is 2. The maximum atomic E-state index is 5.43. The Kier molecular flexibility index (Phi) is 9.44. The van der Waals surface area contributed by atoms with Gasteiger partial charge >= 0.3 is 0 Å². The van der Waals surface area contributed by atoms with E-state index in [-0.39, 0.29) is 29.5 Å². The summed E-state index contributed by atoms with van der Waals surface area (Å²) in [6, 6.07) is 3.85. The number of nitrogens with one attached hydrogen (secondary N) is 2. The average Bonchev–Trinajstić information content (AvgIpc) is 2.63. The summed E-state index contributed by atoms with van der Waals surface area (Å²) in [6.45, 7) is 9.51. The molecule has 1 aromatic heterocycles. The smallest absolute Gasteiger partial charge is 0.212 e. The van der Waals surface area contributed by atoms with Gasteiger partial charge in [-0.2, -0.15) is 0 Å². The van der Waals surface area contributed by atoms with Crippen molar-refractivity contribution in [2.45, 2.75) is 25.9 Å². The SMILES string of the molecule is CN=C(NCc1ccc(OC)nc1)NCC(C)(C)N1CCOCC1.I. The highest BCUT2D eigenvalue weighted by Gasteiger charge is 2.28. The van der Waals surface area contributed by atoms with E-state index >= 15 is 0 Å². The molecule has 25 heavy (non-hydrogen) atoms. The third-order valence-corrected chi connectivity index (χ3v) is 4.25. The number of aliphatic imine (C=N–C) groups is 1. The standard InChI is InChI=1S/C17H29N5O2.HI/c1-17(2,22-7-9-24-10-8-22)13-21-16(18-3)20-12-14-5-6-15(23-4)19-11-14;/h5-6,11H,7-10,12-13H2,1-4H3,(H2,18,20,21);1H. The van der Waals surface area contributed by atoms with Gasteiger partial charge in [0.2, 0.25) is 5.88 Å². The Morgan fingerprint density at radius 2 is 2.04 bits per heavy atom. The van der Waals surface area contributed by atoms with Crippen LogP contribution in [-0.2, 0) is 11.3 Å². The third kappa shape index (κ3) is 6.95. The van der Waals surface area contributed by atoms with Gasteiger partial charge in [-0.15, -0.1) is 24.0 Å². The minimum absolute atomic E-state index is 0. The van der Waals surface area contributed by atoms with Crippen LogP contribution in [-0.4, -0.2) is 68.4 Å². The molecule has 0 radical (unpaired) electrons. The maximum Gasteiger partial charge on any atom is 0.212 e. The summed E-state index contributed by atoms with van der Waals surface area (Å²) in [5.41, 5.74) is 1.12. The molecule has 1 aromatic rings. The summed E-state index contributed by atoms with van der Waals surface area (Å²) >= 11 is 0. The fourth-order valence-corrected chi connectivity index (χ4v) is 2.62. The molecule has 0 atom stereocenters. The van der Waals surface area contributed by atoms with E-state index in [2.05, 4.69) is 39.4 Å². The van der Waals surface area contributed by atoms with Crippen LogP contribution in [0.3, 0.4) is 0 Å². The first-order chi connectivity index (χ1) is 11.5. The Morgan fingerprint density at radius 1 is 1.32 bits per heavy atom. The van der Waals surface area contributed by atoms with E-state index in [4.69, 9.17) is 9.47 Å². The highest BCUT2D eigenvalue weighted by atomic mass is 127. The first-order valence-corrected chi connectivity index (χ1v) is 8.31. The number of nitrogens with zero attached hydrogens (tertiary/aromatic N) is 3. The Hall–Kier alpha value is -1.13. The summed E-state index contributed by atoms with van der Waals surface area (Å²) in [4.78, 5) is 10.9. The minimum Gasteiger partial charge on any atom is -0.481 e. The molecule has 7 nitrogen and oxygen atoms in total. The van der Waals surface area contributed by atoms with Crippen LogP contribution in [0.4, 0.5) is 0 Å². The lowest BCUT2D eigenvalue weighted by atomic mass is 10.0. The molecule has 142 valence electrons. The van der Waals surface area contributed by atoms with Crippen molar-refractivity contribution in [3.05, 3.63) is 23.9 Å². The topological polar surface area (TPSA) is 71.0 Å². The van der Waals surface area contributed by atoms with Gasteiger partial charge in [0.05, 0.1) is 20.3 Å². The van der Waals surface area contributed by atoms with E-state index in [1.165, 1.54) is 0 Å². The van der Waals surface area contributed by atoms with E-state index in [0.29, 0.717) is 12.4 Å². The molecule has 2 N–H and O–H groups in total. The van der Waals surface area contributed by atoms with Gasteiger partial charge in [0.15, 0.2) is 5.96 Å². The molecule has 0 aromatic carbocycles. The molecule has 2 rings (SSSR count). The van der Waals surface area contributed by atoms with Crippen molar-refractivity contribution in [3.8, 4) is 5.88 Å². The Labute approximate surface area is 167 Å². The normalized spacial score (nSPS) is 16.1. The van der Waals surface area contributed by atoms with Gasteiger partial charge in [0.1, 0.15) is 0 Å². The zero-order chi connectivity index (χ0) is 17.4. The predicted molar refractivity (Wildman–Crippen MR) is 111 cm³/mol. The van der Waals surface area contributed by atoms with Crippen molar-refractivity contribution in [1.29, 1.82) is 0 Å². The second kappa shape index (κ2) is 10.8. The molecular weight excluding hydrogens is 433 g/mol. The van der Waals surface area contributed by atoms with E-state index in [1.807, 2.05) is 12.1 Å². The second-order valence-electron chi connectivity index (χ2n) is 6.40. The van der Waals surface area contributed by atoms with Gasteiger partial charge in [0, 0.05) is 51.0 Å². The molecule has 2 heterocycles. The van der Waals surface area contributed by atoms with Crippen LogP contribution in [0.1, 0.15) is 19.4 Å². The number of aromatic nitrogens is 1. The van der Waals surface area contributed by atoms with Crippen LogP contribution in [0.25, 0.3) is 0 Å². The predicted octanol–water partition coefficient (Wildman–Crippen LogP) is 1.48. The van der Waals surface area contributed by atoms with Crippen molar-refractivity contribution in [2.75, 3.05) is 47.0 Å². The zero-order valence-electron chi connectivity index (χ0n) is 15.5. The first kappa shape index (κ1) is 21.9. The number of guanidine groups is 1. The van der Waals surface area contributed by atoms with Crippen LogP contribution < -0.4 is 15.4 Å². The van der Waals surface area contributed by atoms with E-state index in [0.717, 1.165) is 44.4 Å². The molecule has 0 amide bonds.